The summed E-state index contributed by atoms with van der Waals surface area (Å²) in [5, 5.41) is 4.48. The summed E-state index contributed by atoms with van der Waals surface area (Å²) in [7, 11) is 0. The van der Waals surface area contributed by atoms with Crippen LogP contribution in [0, 0.1) is 0 Å². The zero-order valence-corrected chi connectivity index (χ0v) is 10.2. The number of para-hydroxylation sites is 1. The number of aromatic nitrogens is 4. The third-order valence-electron chi connectivity index (χ3n) is 2.85. The summed E-state index contributed by atoms with van der Waals surface area (Å²) < 4.78 is 1.80. The molecular weight excluding hydrogens is 238 g/mol. The lowest BCUT2D eigenvalue weighted by Gasteiger charge is -2.07. The van der Waals surface area contributed by atoms with Gasteiger partial charge in [0.05, 0.1) is 29.3 Å². The van der Waals surface area contributed by atoms with Crippen molar-refractivity contribution >= 4 is 0 Å². The molecule has 0 bridgehead atoms. The van der Waals surface area contributed by atoms with Gasteiger partial charge in [-0.05, 0) is 18.2 Å². The van der Waals surface area contributed by atoms with E-state index in [2.05, 4.69) is 15.1 Å². The highest BCUT2D eigenvalue weighted by Crippen LogP contribution is 2.16. The largest absolute Gasteiger partial charge is 0.318 e. The molecule has 1 aromatic carbocycles. The van der Waals surface area contributed by atoms with Crippen LogP contribution in [0.15, 0.2) is 61.2 Å². The second kappa shape index (κ2) is 4.99. The molecule has 5 heteroatoms. The zero-order chi connectivity index (χ0) is 13.1. The monoisotopic (exact) mass is 251 g/mol. The maximum atomic E-state index is 6.13. The van der Waals surface area contributed by atoms with Gasteiger partial charge in [-0.2, -0.15) is 5.10 Å². The molecule has 1 unspecified atom stereocenters. The van der Waals surface area contributed by atoms with Crippen LogP contribution in [0.1, 0.15) is 17.4 Å². The maximum absolute atomic E-state index is 6.13. The summed E-state index contributed by atoms with van der Waals surface area (Å²) in [5.74, 6) is 0. The first-order valence-corrected chi connectivity index (χ1v) is 5.97. The fourth-order valence-electron chi connectivity index (χ4n) is 1.85. The minimum Gasteiger partial charge on any atom is -0.318 e. The van der Waals surface area contributed by atoms with Crippen molar-refractivity contribution in [2.75, 3.05) is 0 Å². The van der Waals surface area contributed by atoms with Gasteiger partial charge in [-0.25, -0.2) is 4.68 Å². The molecule has 0 aliphatic heterocycles. The smallest absolute Gasteiger partial charge is 0.0934 e. The van der Waals surface area contributed by atoms with Crippen molar-refractivity contribution in [3.05, 3.63) is 72.6 Å². The van der Waals surface area contributed by atoms with Crippen LogP contribution in [0.25, 0.3) is 5.69 Å². The molecule has 3 rings (SSSR count). The summed E-state index contributed by atoms with van der Waals surface area (Å²) in [6, 6.07) is 11.4. The topological polar surface area (TPSA) is 69.6 Å². The van der Waals surface area contributed by atoms with E-state index in [1.165, 1.54) is 0 Å². The SMILES string of the molecule is NC(c1cnccn1)c1ccn(-c2ccccc2)n1. The average molecular weight is 251 g/mol. The van der Waals surface area contributed by atoms with Gasteiger partial charge in [0, 0.05) is 18.6 Å². The molecule has 3 aromatic rings. The molecule has 94 valence electrons. The van der Waals surface area contributed by atoms with Crippen LogP contribution in [0.2, 0.25) is 0 Å². The molecule has 0 amide bonds. The number of rotatable bonds is 3. The van der Waals surface area contributed by atoms with Crippen molar-refractivity contribution in [2.24, 2.45) is 5.73 Å². The molecule has 2 aromatic heterocycles. The van der Waals surface area contributed by atoms with E-state index in [1.54, 1.807) is 23.3 Å². The fourth-order valence-corrected chi connectivity index (χ4v) is 1.85. The zero-order valence-electron chi connectivity index (χ0n) is 10.2. The number of hydrogen-bond acceptors (Lipinski definition) is 4. The lowest BCUT2D eigenvalue weighted by Crippen LogP contribution is -2.14. The van der Waals surface area contributed by atoms with Crippen LogP contribution in [-0.4, -0.2) is 19.7 Å². The maximum Gasteiger partial charge on any atom is 0.0934 e. The molecule has 0 fully saturated rings. The Hall–Kier alpha value is -2.53. The minimum absolute atomic E-state index is 0.362. The molecule has 5 nitrogen and oxygen atoms in total. The van der Waals surface area contributed by atoms with Gasteiger partial charge in [-0.3, -0.25) is 9.97 Å². The highest BCUT2D eigenvalue weighted by atomic mass is 15.3. The number of nitrogens with two attached hydrogens (primary N) is 1. The van der Waals surface area contributed by atoms with E-state index < -0.39 is 0 Å². The molecular formula is C14H13N5. The highest BCUT2D eigenvalue weighted by Gasteiger charge is 2.13. The van der Waals surface area contributed by atoms with Gasteiger partial charge in [-0.1, -0.05) is 18.2 Å². The summed E-state index contributed by atoms with van der Waals surface area (Å²) in [4.78, 5) is 8.22. The normalized spacial score (nSPS) is 12.3. The molecule has 0 aliphatic carbocycles. The van der Waals surface area contributed by atoms with Crippen molar-refractivity contribution in [3.8, 4) is 5.69 Å². The van der Waals surface area contributed by atoms with Crippen LogP contribution in [0.4, 0.5) is 0 Å². The van der Waals surface area contributed by atoms with Gasteiger partial charge < -0.3 is 5.73 Å². The van der Waals surface area contributed by atoms with Gasteiger partial charge >= 0.3 is 0 Å². The molecule has 0 radical (unpaired) electrons. The van der Waals surface area contributed by atoms with Crippen molar-refractivity contribution in [1.82, 2.24) is 19.7 Å². The summed E-state index contributed by atoms with van der Waals surface area (Å²) in [6.45, 7) is 0. The van der Waals surface area contributed by atoms with Crippen molar-refractivity contribution in [3.63, 3.8) is 0 Å². The first-order valence-electron chi connectivity index (χ1n) is 5.97. The van der Waals surface area contributed by atoms with Crippen molar-refractivity contribution < 1.29 is 0 Å². The number of benzene rings is 1. The Bertz CT molecular complexity index is 648. The van der Waals surface area contributed by atoms with Crippen LogP contribution < -0.4 is 5.73 Å². The third-order valence-corrected chi connectivity index (χ3v) is 2.85. The van der Waals surface area contributed by atoms with E-state index in [0.29, 0.717) is 5.69 Å². The molecule has 0 saturated carbocycles. The first kappa shape index (κ1) is 11.6. The Morgan fingerprint density at radius 2 is 1.84 bits per heavy atom. The molecule has 19 heavy (non-hydrogen) atoms. The van der Waals surface area contributed by atoms with Crippen LogP contribution in [0.5, 0.6) is 0 Å². The predicted molar refractivity (Wildman–Crippen MR) is 71.6 cm³/mol. The van der Waals surface area contributed by atoms with E-state index >= 15 is 0 Å². The van der Waals surface area contributed by atoms with Crippen LogP contribution >= 0.6 is 0 Å². The Morgan fingerprint density at radius 1 is 1.00 bits per heavy atom. The van der Waals surface area contributed by atoms with Gasteiger partial charge in [0.25, 0.3) is 0 Å². The Kier molecular flexibility index (Phi) is 3.04. The summed E-state index contributed by atoms with van der Waals surface area (Å²) in [6.07, 6.45) is 6.80. The third kappa shape index (κ3) is 2.36. The van der Waals surface area contributed by atoms with Crippen molar-refractivity contribution in [2.45, 2.75) is 6.04 Å². The molecule has 0 saturated heterocycles. The lowest BCUT2D eigenvalue weighted by atomic mass is 10.2. The Labute approximate surface area is 110 Å². The van der Waals surface area contributed by atoms with Crippen molar-refractivity contribution in [1.29, 1.82) is 0 Å². The molecule has 0 spiro atoms. The summed E-state index contributed by atoms with van der Waals surface area (Å²) >= 11 is 0. The van der Waals surface area contributed by atoms with Gasteiger partial charge in [0.1, 0.15) is 0 Å². The van der Waals surface area contributed by atoms with E-state index in [-0.39, 0.29) is 6.04 Å². The van der Waals surface area contributed by atoms with Gasteiger partial charge in [-0.15, -0.1) is 0 Å². The molecule has 2 heterocycles. The quantitative estimate of drug-likeness (QED) is 0.769. The van der Waals surface area contributed by atoms with E-state index in [1.807, 2.05) is 42.6 Å². The second-order valence-corrected chi connectivity index (χ2v) is 4.13. The minimum atomic E-state index is -0.362. The second-order valence-electron chi connectivity index (χ2n) is 4.13. The highest BCUT2D eigenvalue weighted by molar-refractivity contribution is 5.31. The molecule has 2 N–H and O–H groups in total. The number of nitrogens with zero attached hydrogens (tertiary/aromatic N) is 4. The number of hydrogen-bond donors (Lipinski definition) is 1. The molecule has 1 atom stereocenters. The van der Waals surface area contributed by atoms with Gasteiger partial charge in [0.15, 0.2) is 0 Å². The summed E-state index contributed by atoms with van der Waals surface area (Å²) in [5.41, 5.74) is 8.61. The standard InChI is InChI=1S/C14H13N5/c15-14(13-10-16-7-8-17-13)12-6-9-19(18-12)11-4-2-1-3-5-11/h1-10,14H,15H2. The van der Waals surface area contributed by atoms with Crippen LogP contribution in [-0.2, 0) is 0 Å². The Balaban J connectivity index is 1.90. The van der Waals surface area contributed by atoms with Gasteiger partial charge in [0.2, 0.25) is 0 Å². The molecule has 0 aliphatic rings. The lowest BCUT2D eigenvalue weighted by molar-refractivity contribution is 0.749. The van der Waals surface area contributed by atoms with E-state index in [9.17, 15) is 0 Å². The fraction of sp³-hybridized carbons (Fsp3) is 0.0714. The predicted octanol–water partition coefficient (Wildman–Crippen LogP) is 1.71. The average Bonchev–Trinajstić information content (AvgIpc) is 2.98. The Morgan fingerprint density at radius 3 is 2.58 bits per heavy atom. The first-order chi connectivity index (χ1) is 9.34. The van der Waals surface area contributed by atoms with E-state index in [0.717, 1.165) is 11.4 Å². The van der Waals surface area contributed by atoms with Crippen LogP contribution in [0.3, 0.4) is 0 Å². The van der Waals surface area contributed by atoms with E-state index in [4.69, 9.17) is 5.73 Å².